The Labute approximate surface area is 171 Å². The second-order valence-corrected chi connectivity index (χ2v) is 8.92. The second-order valence-electron chi connectivity index (χ2n) is 7.10. The molecule has 4 nitrogen and oxygen atoms in total. The molecular formula is C24H21NO3S. The zero-order valence-electron chi connectivity index (χ0n) is 16.0. The van der Waals surface area contributed by atoms with Gasteiger partial charge in [-0.3, -0.25) is 4.79 Å². The number of carbonyl (C=O) groups excluding carboxylic acids is 1. The largest absolute Gasteiger partial charge is 0.273 e. The van der Waals surface area contributed by atoms with Gasteiger partial charge in [0.15, 0.2) is 0 Å². The summed E-state index contributed by atoms with van der Waals surface area (Å²) in [5.74, 6) is -0.940. The van der Waals surface area contributed by atoms with Crippen LogP contribution in [0.2, 0.25) is 0 Å². The van der Waals surface area contributed by atoms with Crippen molar-refractivity contribution in [1.29, 1.82) is 0 Å². The maximum absolute atomic E-state index is 13.2. The third-order valence-corrected chi connectivity index (χ3v) is 6.90. The first kappa shape index (κ1) is 19.2. The number of hydrogen-bond acceptors (Lipinski definition) is 3. The summed E-state index contributed by atoms with van der Waals surface area (Å²) in [6, 6.07) is 25.0. The minimum atomic E-state index is -3.93. The molecule has 3 aromatic carbocycles. The average molecular weight is 404 g/mol. The molecule has 0 unspecified atom stereocenters. The number of benzene rings is 3. The molecule has 1 aliphatic heterocycles. The molecule has 0 bridgehead atoms. The van der Waals surface area contributed by atoms with Crippen LogP contribution in [0, 0.1) is 12.8 Å². The Morgan fingerprint density at radius 1 is 0.828 bits per heavy atom. The van der Waals surface area contributed by atoms with Gasteiger partial charge in [-0.05, 0) is 30.2 Å². The average Bonchev–Trinajstić information content (AvgIpc) is 2.73. The van der Waals surface area contributed by atoms with Gasteiger partial charge in [0.05, 0.1) is 16.9 Å². The number of amides is 1. The molecule has 2 atom stereocenters. The number of hydrogen-bond donors (Lipinski definition) is 0. The Morgan fingerprint density at radius 3 is 2.03 bits per heavy atom. The summed E-state index contributed by atoms with van der Waals surface area (Å²) in [6.07, 6.45) is 3.67. The SMILES string of the molecule is Cc1ccc(S(=O)(=O)N2C(=O)[C@@H](/C=C/c3ccccc3)[C@@H]2c2ccccc2)cc1. The molecule has 1 saturated heterocycles. The molecule has 1 fully saturated rings. The highest BCUT2D eigenvalue weighted by Crippen LogP contribution is 2.44. The number of rotatable bonds is 5. The van der Waals surface area contributed by atoms with Crippen molar-refractivity contribution in [3.63, 3.8) is 0 Å². The highest BCUT2D eigenvalue weighted by atomic mass is 32.2. The van der Waals surface area contributed by atoms with E-state index in [-0.39, 0.29) is 4.90 Å². The lowest BCUT2D eigenvalue weighted by Crippen LogP contribution is -2.56. The van der Waals surface area contributed by atoms with Gasteiger partial charge in [0, 0.05) is 0 Å². The normalized spacial score (nSPS) is 19.3. The number of nitrogens with zero attached hydrogens (tertiary/aromatic N) is 1. The van der Waals surface area contributed by atoms with Crippen molar-refractivity contribution in [2.24, 2.45) is 5.92 Å². The lowest BCUT2D eigenvalue weighted by atomic mass is 9.84. The molecule has 0 spiro atoms. The number of carbonyl (C=O) groups is 1. The zero-order valence-corrected chi connectivity index (χ0v) is 16.8. The van der Waals surface area contributed by atoms with Gasteiger partial charge in [-0.15, -0.1) is 0 Å². The Hall–Kier alpha value is -3.18. The minimum absolute atomic E-state index is 0.128. The third kappa shape index (κ3) is 3.61. The quantitative estimate of drug-likeness (QED) is 0.585. The zero-order chi connectivity index (χ0) is 20.4. The Kier molecular flexibility index (Phi) is 5.07. The number of aryl methyl sites for hydroxylation is 1. The molecule has 0 aliphatic carbocycles. The summed E-state index contributed by atoms with van der Waals surface area (Å²) in [7, 11) is -3.93. The molecule has 0 N–H and O–H groups in total. The van der Waals surface area contributed by atoms with Crippen LogP contribution in [0.4, 0.5) is 0 Å². The highest BCUT2D eigenvalue weighted by Gasteiger charge is 2.53. The first-order valence-electron chi connectivity index (χ1n) is 9.41. The van der Waals surface area contributed by atoms with Gasteiger partial charge >= 0.3 is 0 Å². The summed E-state index contributed by atoms with van der Waals surface area (Å²) >= 11 is 0. The van der Waals surface area contributed by atoms with Gasteiger partial charge in [-0.2, -0.15) is 0 Å². The summed E-state index contributed by atoms with van der Waals surface area (Å²) in [6.45, 7) is 1.89. The van der Waals surface area contributed by atoms with E-state index in [1.54, 1.807) is 30.3 Å². The first-order chi connectivity index (χ1) is 14.0. The fourth-order valence-corrected chi connectivity index (χ4v) is 5.15. The summed E-state index contributed by atoms with van der Waals surface area (Å²) in [5.41, 5.74) is 2.72. The minimum Gasteiger partial charge on any atom is -0.273 e. The van der Waals surface area contributed by atoms with E-state index in [4.69, 9.17) is 0 Å². The van der Waals surface area contributed by atoms with E-state index in [0.29, 0.717) is 0 Å². The van der Waals surface area contributed by atoms with Crippen LogP contribution in [-0.2, 0) is 14.8 Å². The van der Waals surface area contributed by atoms with Crippen molar-refractivity contribution in [1.82, 2.24) is 4.31 Å². The number of β-lactam (4-membered cyclic amide) rings is 1. The topological polar surface area (TPSA) is 54.5 Å². The van der Waals surface area contributed by atoms with Crippen molar-refractivity contribution < 1.29 is 13.2 Å². The molecule has 1 aliphatic rings. The molecule has 0 saturated carbocycles. The van der Waals surface area contributed by atoms with Crippen LogP contribution in [0.3, 0.4) is 0 Å². The van der Waals surface area contributed by atoms with Gasteiger partial charge in [-0.25, -0.2) is 12.7 Å². The second kappa shape index (κ2) is 7.68. The Bertz CT molecular complexity index is 1140. The molecule has 5 heteroatoms. The molecule has 3 aromatic rings. The third-order valence-electron chi connectivity index (χ3n) is 5.11. The lowest BCUT2D eigenvalue weighted by molar-refractivity contribution is -0.143. The van der Waals surface area contributed by atoms with Crippen LogP contribution < -0.4 is 0 Å². The van der Waals surface area contributed by atoms with E-state index in [2.05, 4.69) is 0 Å². The van der Waals surface area contributed by atoms with Crippen LogP contribution >= 0.6 is 0 Å². The monoisotopic (exact) mass is 403 g/mol. The summed E-state index contributed by atoms with van der Waals surface area (Å²) in [4.78, 5) is 13.1. The summed E-state index contributed by atoms with van der Waals surface area (Å²) < 4.78 is 27.5. The van der Waals surface area contributed by atoms with E-state index >= 15 is 0 Å². The molecular weight excluding hydrogens is 382 g/mol. The van der Waals surface area contributed by atoms with Crippen molar-refractivity contribution in [3.05, 3.63) is 108 Å². The van der Waals surface area contributed by atoms with Crippen molar-refractivity contribution in [3.8, 4) is 0 Å². The first-order valence-corrected chi connectivity index (χ1v) is 10.9. The van der Waals surface area contributed by atoms with E-state index in [1.165, 1.54) is 0 Å². The van der Waals surface area contributed by atoms with Gasteiger partial charge in [0.25, 0.3) is 10.0 Å². The standard InChI is InChI=1S/C24H21NO3S/c1-18-12-15-21(16-13-18)29(27,28)25-23(20-10-6-3-7-11-20)22(24(25)26)17-14-19-8-4-2-5-9-19/h2-17,22-23H,1H3/b17-14+/t22-,23-/m0/s1. The van der Waals surface area contributed by atoms with Crippen LogP contribution in [0.1, 0.15) is 22.7 Å². The molecule has 0 aromatic heterocycles. The predicted molar refractivity (Wildman–Crippen MR) is 113 cm³/mol. The van der Waals surface area contributed by atoms with E-state index in [1.807, 2.05) is 73.7 Å². The maximum Gasteiger partial charge on any atom is 0.267 e. The van der Waals surface area contributed by atoms with Crippen molar-refractivity contribution in [2.45, 2.75) is 17.9 Å². The Morgan fingerprint density at radius 2 is 1.41 bits per heavy atom. The van der Waals surface area contributed by atoms with Gasteiger partial charge in [-0.1, -0.05) is 90.5 Å². The molecule has 1 amide bonds. The van der Waals surface area contributed by atoms with Gasteiger partial charge < -0.3 is 0 Å². The number of sulfonamides is 1. The fourth-order valence-electron chi connectivity index (χ4n) is 3.53. The van der Waals surface area contributed by atoms with Gasteiger partial charge in [0.2, 0.25) is 5.91 Å². The lowest BCUT2D eigenvalue weighted by Gasteiger charge is -2.45. The molecule has 29 heavy (non-hydrogen) atoms. The van der Waals surface area contributed by atoms with Crippen LogP contribution in [0.15, 0.2) is 95.9 Å². The van der Waals surface area contributed by atoms with Crippen LogP contribution in [0.5, 0.6) is 0 Å². The van der Waals surface area contributed by atoms with E-state index < -0.39 is 27.9 Å². The van der Waals surface area contributed by atoms with Crippen LogP contribution in [0.25, 0.3) is 6.08 Å². The van der Waals surface area contributed by atoms with E-state index in [0.717, 1.165) is 21.0 Å². The van der Waals surface area contributed by atoms with Gasteiger partial charge in [0.1, 0.15) is 0 Å². The molecule has 146 valence electrons. The van der Waals surface area contributed by atoms with Crippen molar-refractivity contribution in [2.75, 3.05) is 0 Å². The predicted octanol–water partition coefficient (Wildman–Crippen LogP) is 4.60. The Balaban J connectivity index is 1.71. The molecule has 4 rings (SSSR count). The molecule has 0 radical (unpaired) electrons. The molecule has 1 heterocycles. The summed E-state index contributed by atoms with van der Waals surface area (Å²) in [5, 5.41) is 0. The highest BCUT2D eigenvalue weighted by molar-refractivity contribution is 7.89. The van der Waals surface area contributed by atoms with Crippen LogP contribution in [-0.4, -0.2) is 18.6 Å². The fraction of sp³-hybridized carbons (Fsp3) is 0.125. The van der Waals surface area contributed by atoms with E-state index in [9.17, 15) is 13.2 Å². The van der Waals surface area contributed by atoms with Crippen molar-refractivity contribution >= 4 is 22.0 Å². The maximum atomic E-state index is 13.2. The smallest absolute Gasteiger partial charge is 0.267 e.